The van der Waals surface area contributed by atoms with Crippen molar-refractivity contribution in [3.63, 3.8) is 0 Å². The van der Waals surface area contributed by atoms with Gasteiger partial charge in [-0.2, -0.15) is 5.10 Å². The summed E-state index contributed by atoms with van der Waals surface area (Å²) >= 11 is 0. The van der Waals surface area contributed by atoms with Gasteiger partial charge in [0.15, 0.2) is 5.96 Å². The Kier molecular flexibility index (Phi) is 8.90. The van der Waals surface area contributed by atoms with E-state index in [4.69, 9.17) is 4.74 Å². The van der Waals surface area contributed by atoms with Crippen LogP contribution in [0.1, 0.15) is 31.2 Å². The minimum absolute atomic E-state index is 0. The highest BCUT2D eigenvalue weighted by atomic mass is 127. The van der Waals surface area contributed by atoms with Gasteiger partial charge in [0.05, 0.1) is 6.20 Å². The van der Waals surface area contributed by atoms with Gasteiger partial charge < -0.3 is 15.4 Å². The molecule has 0 amide bonds. The maximum absolute atomic E-state index is 5.24. The first-order valence-corrected chi connectivity index (χ1v) is 8.08. The van der Waals surface area contributed by atoms with E-state index in [0.717, 1.165) is 38.5 Å². The van der Waals surface area contributed by atoms with E-state index < -0.39 is 0 Å². The number of nitrogens with zero attached hydrogens (tertiary/aromatic N) is 3. The molecule has 1 aliphatic rings. The maximum atomic E-state index is 5.24. The number of ether oxygens (including phenoxy) is 1. The number of hydrogen-bond donors (Lipinski definition) is 2. The molecule has 0 radical (unpaired) electrons. The Morgan fingerprint density at radius 1 is 1.43 bits per heavy atom. The zero-order valence-electron chi connectivity index (χ0n) is 14.5. The second kappa shape index (κ2) is 10.1. The molecule has 23 heavy (non-hydrogen) atoms. The van der Waals surface area contributed by atoms with Crippen molar-refractivity contribution in [3.05, 3.63) is 18.0 Å². The van der Waals surface area contributed by atoms with Crippen LogP contribution in [0.3, 0.4) is 0 Å². The van der Waals surface area contributed by atoms with E-state index in [2.05, 4.69) is 20.7 Å². The van der Waals surface area contributed by atoms with Gasteiger partial charge in [0, 0.05) is 47.1 Å². The van der Waals surface area contributed by atoms with Crippen LogP contribution in [0.2, 0.25) is 0 Å². The molecule has 0 spiro atoms. The molecule has 2 rings (SSSR count). The lowest BCUT2D eigenvalue weighted by atomic mass is 9.67. The molecular weight excluding hydrogens is 405 g/mol. The Labute approximate surface area is 156 Å². The van der Waals surface area contributed by atoms with Crippen molar-refractivity contribution in [2.75, 3.05) is 33.9 Å². The monoisotopic (exact) mass is 435 g/mol. The Bertz CT molecular complexity index is 485. The fourth-order valence-corrected chi connectivity index (χ4v) is 2.93. The Balaban J connectivity index is 0.00000264. The molecule has 2 N–H and O–H groups in total. The number of methoxy groups -OCH3 is 1. The molecule has 0 unspecified atom stereocenters. The van der Waals surface area contributed by atoms with Crippen LogP contribution in [0.4, 0.5) is 0 Å². The van der Waals surface area contributed by atoms with Gasteiger partial charge in [-0.3, -0.25) is 9.67 Å². The zero-order valence-corrected chi connectivity index (χ0v) is 16.8. The lowest BCUT2D eigenvalue weighted by Crippen LogP contribution is -2.47. The highest BCUT2D eigenvalue weighted by Gasteiger charge is 2.36. The molecule has 1 aromatic rings. The van der Waals surface area contributed by atoms with Gasteiger partial charge in [0.1, 0.15) is 0 Å². The highest BCUT2D eigenvalue weighted by molar-refractivity contribution is 14.0. The lowest BCUT2D eigenvalue weighted by Gasteiger charge is -2.42. The van der Waals surface area contributed by atoms with Gasteiger partial charge >= 0.3 is 0 Å². The van der Waals surface area contributed by atoms with Crippen molar-refractivity contribution in [1.29, 1.82) is 0 Å². The van der Waals surface area contributed by atoms with E-state index >= 15 is 0 Å². The van der Waals surface area contributed by atoms with Crippen LogP contribution in [-0.4, -0.2) is 49.6 Å². The van der Waals surface area contributed by atoms with Crippen molar-refractivity contribution in [3.8, 4) is 0 Å². The van der Waals surface area contributed by atoms with Gasteiger partial charge in [-0.25, -0.2) is 0 Å². The van der Waals surface area contributed by atoms with Crippen molar-refractivity contribution < 1.29 is 4.74 Å². The van der Waals surface area contributed by atoms with E-state index in [-0.39, 0.29) is 24.0 Å². The smallest absolute Gasteiger partial charge is 0.191 e. The summed E-state index contributed by atoms with van der Waals surface area (Å²) in [4.78, 5) is 4.31. The fraction of sp³-hybridized carbons (Fsp3) is 0.750. The number of hydrogen-bond acceptors (Lipinski definition) is 3. The van der Waals surface area contributed by atoms with Gasteiger partial charge in [-0.05, 0) is 36.7 Å². The number of aromatic nitrogens is 2. The molecule has 1 aromatic heterocycles. The molecule has 1 heterocycles. The molecule has 132 valence electrons. The largest absolute Gasteiger partial charge is 0.385 e. The molecule has 0 aliphatic heterocycles. The Morgan fingerprint density at radius 3 is 2.74 bits per heavy atom. The SMILES string of the molecule is CN=C(NCCc1cnn(C)c1)NCC1(CCOC)CCC1.I. The Morgan fingerprint density at radius 2 is 2.22 bits per heavy atom. The third kappa shape index (κ3) is 6.29. The number of halogens is 1. The summed E-state index contributed by atoms with van der Waals surface area (Å²) in [7, 11) is 5.54. The number of aryl methyl sites for hydroxylation is 1. The van der Waals surface area contributed by atoms with E-state index in [9.17, 15) is 0 Å². The molecule has 1 fully saturated rings. The number of nitrogens with one attached hydrogen (secondary N) is 2. The molecule has 0 aromatic carbocycles. The van der Waals surface area contributed by atoms with Crippen LogP contribution in [0.15, 0.2) is 17.4 Å². The molecule has 6 nitrogen and oxygen atoms in total. The first-order chi connectivity index (χ1) is 10.7. The van der Waals surface area contributed by atoms with Crippen LogP contribution in [0, 0.1) is 5.41 Å². The average Bonchev–Trinajstić information content (AvgIpc) is 2.89. The maximum Gasteiger partial charge on any atom is 0.191 e. The Hall–Kier alpha value is -0.830. The van der Waals surface area contributed by atoms with E-state index in [0.29, 0.717) is 5.41 Å². The fourth-order valence-electron chi connectivity index (χ4n) is 2.93. The quantitative estimate of drug-likeness (QED) is 0.372. The highest BCUT2D eigenvalue weighted by Crippen LogP contribution is 2.43. The van der Waals surface area contributed by atoms with Crippen LogP contribution < -0.4 is 10.6 Å². The molecule has 7 heteroatoms. The average molecular weight is 435 g/mol. The van der Waals surface area contributed by atoms with Crippen molar-refractivity contribution in [2.24, 2.45) is 17.5 Å². The second-order valence-electron chi connectivity index (χ2n) is 6.22. The second-order valence-corrected chi connectivity index (χ2v) is 6.22. The zero-order chi connectivity index (χ0) is 15.8. The summed E-state index contributed by atoms with van der Waals surface area (Å²) in [6.07, 6.45) is 9.94. The van der Waals surface area contributed by atoms with Gasteiger partial charge in [0.25, 0.3) is 0 Å². The first kappa shape index (κ1) is 20.2. The topological polar surface area (TPSA) is 63.5 Å². The van der Waals surface area contributed by atoms with E-state index in [1.807, 2.05) is 31.2 Å². The third-order valence-electron chi connectivity index (χ3n) is 4.57. The molecule has 0 bridgehead atoms. The van der Waals surface area contributed by atoms with E-state index in [1.165, 1.54) is 24.8 Å². The summed E-state index contributed by atoms with van der Waals surface area (Å²) in [5.41, 5.74) is 1.64. The van der Waals surface area contributed by atoms with Crippen LogP contribution in [0.25, 0.3) is 0 Å². The molecule has 1 aliphatic carbocycles. The summed E-state index contributed by atoms with van der Waals surface area (Å²) in [6, 6.07) is 0. The lowest BCUT2D eigenvalue weighted by molar-refractivity contribution is 0.0732. The minimum Gasteiger partial charge on any atom is -0.385 e. The van der Waals surface area contributed by atoms with Crippen LogP contribution in [0.5, 0.6) is 0 Å². The third-order valence-corrected chi connectivity index (χ3v) is 4.57. The van der Waals surface area contributed by atoms with Crippen LogP contribution in [-0.2, 0) is 18.2 Å². The summed E-state index contributed by atoms with van der Waals surface area (Å²) in [5, 5.41) is 11.0. The summed E-state index contributed by atoms with van der Waals surface area (Å²) in [6.45, 7) is 2.67. The van der Waals surface area contributed by atoms with Gasteiger partial charge in [-0.1, -0.05) is 6.42 Å². The summed E-state index contributed by atoms with van der Waals surface area (Å²) < 4.78 is 7.07. The normalized spacial score (nSPS) is 16.4. The van der Waals surface area contributed by atoms with Crippen LogP contribution >= 0.6 is 24.0 Å². The van der Waals surface area contributed by atoms with Crippen molar-refractivity contribution in [1.82, 2.24) is 20.4 Å². The molecule has 0 atom stereocenters. The van der Waals surface area contributed by atoms with Gasteiger partial charge in [-0.15, -0.1) is 24.0 Å². The molecule has 0 saturated heterocycles. The predicted octanol–water partition coefficient (Wildman–Crippen LogP) is 1.95. The number of rotatable bonds is 8. The molecule has 1 saturated carbocycles. The van der Waals surface area contributed by atoms with E-state index in [1.54, 1.807) is 7.11 Å². The summed E-state index contributed by atoms with van der Waals surface area (Å²) in [5.74, 6) is 0.882. The number of guanidine groups is 1. The number of aliphatic imine (C=N–C) groups is 1. The van der Waals surface area contributed by atoms with Crippen molar-refractivity contribution >= 4 is 29.9 Å². The molecular formula is C16H30IN5O. The van der Waals surface area contributed by atoms with Gasteiger partial charge in [0.2, 0.25) is 0 Å². The first-order valence-electron chi connectivity index (χ1n) is 8.08. The minimum atomic E-state index is 0. The predicted molar refractivity (Wildman–Crippen MR) is 104 cm³/mol. The van der Waals surface area contributed by atoms with Crippen molar-refractivity contribution in [2.45, 2.75) is 32.1 Å². The standard InChI is InChI=1S/C16H29N5O.HI/c1-17-15(18-9-5-14-11-20-21(2)12-14)19-13-16(6-4-7-16)8-10-22-3;/h11-12H,4-10,13H2,1-3H3,(H2,17,18,19);1H.